The summed E-state index contributed by atoms with van der Waals surface area (Å²) in [6.45, 7) is 0. The fraction of sp³-hybridized carbons (Fsp3) is 0.188. The van der Waals surface area contributed by atoms with E-state index in [1.807, 2.05) is 0 Å². The molecule has 0 spiro atoms. The van der Waals surface area contributed by atoms with Crippen LogP contribution in [0.4, 0.5) is 14.5 Å². The molecular weight excluding hydrogens is 308 g/mol. The van der Waals surface area contributed by atoms with E-state index < -0.39 is 23.8 Å². The Balaban J connectivity index is 1.99. The first-order valence-electron chi connectivity index (χ1n) is 6.72. The normalized spacial score (nSPS) is 15.8. The van der Waals surface area contributed by atoms with E-state index in [-0.39, 0.29) is 17.0 Å². The highest BCUT2D eigenvalue weighted by Crippen LogP contribution is 2.42. The van der Waals surface area contributed by atoms with E-state index in [0.29, 0.717) is 11.3 Å². The van der Waals surface area contributed by atoms with Crippen LogP contribution in [0.1, 0.15) is 22.1 Å². The Kier molecular flexibility index (Phi) is 3.77. The first-order chi connectivity index (χ1) is 11.0. The van der Waals surface area contributed by atoms with E-state index in [1.54, 1.807) is 12.1 Å². The summed E-state index contributed by atoms with van der Waals surface area (Å²) in [5, 5.41) is 2.73. The van der Waals surface area contributed by atoms with E-state index in [2.05, 4.69) is 5.32 Å². The number of nitrogens with one attached hydrogen (secondary N) is 1. The van der Waals surface area contributed by atoms with Gasteiger partial charge in [0.25, 0.3) is 0 Å². The van der Waals surface area contributed by atoms with Crippen LogP contribution in [0.15, 0.2) is 30.3 Å². The summed E-state index contributed by atoms with van der Waals surface area (Å²) < 4.78 is 42.3. The lowest BCUT2D eigenvalue weighted by Crippen LogP contribution is -2.11. The molecule has 5 nitrogen and oxygen atoms in total. The molecule has 1 aliphatic rings. The fourth-order valence-corrected chi connectivity index (χ4v) is 2.46. The standard InChI is InChI=1S/C16H13F2NO4/c1-21-12-6-4-9-13(14(12)22-2)16(20)23-15(9)19-11-5-3-8(17)7-10(11)18/h3-7,15,19H,1-2H3/t15-/m0/s1. The molecule has 0 fully saturated rings. The van der Waals surface area contributed by atoms with Crippen molar-refractivity contribution >= 4 is 11.7 Å². The summed E-state index contributed by atoms with van der Waals surface area (Å²) in [6.07, 6.45) is -0.905. The van der Waals surface area contributed by atoms with Crippen LogP contribution < -0.4 is 14.8 Å². The van der Waals surface area contributed by atoms with Crippen LogP contribution in [0.25, 0.3) is 0 Å². The Hall–Kier alpha value is -2.83. The van der Waals surface area contributed by atoms with Crippen LogP contribution in [0.5, 0.6) is 11.5 Å². The molecule has 23 heavy (non-hydrogen) atoms. The number of hydrogen-bond donors (Lipinski definition) is 1. The quantitative estimate of drug-likeness (QED) is 0.876. The van der Waals surface area contributed by atoms with Crippen LogP contribution >= 0.6 is 0 Å². The summed E-state index contributed by atoms with van der Waals surface area (Å²) in [5.41, 5.74) is 0.718. The second-order valence-electron chi connectivity index (χ2n) is 4.82. The Bertz CT molecular complexity index is 779. The van der Waals surface area contributed by atoms with Gasteiger partial charge in [-0.25, -0.2) is 13.6 Å². The molecule has 0 amide bonds. The van der Waals surface area contributed by atoms with Gasteiger partial charge in [-0.15, -0.1) is 0 Å². The van der Waals surface area contributed by atoms with Crippen molar-refractivity contribution in [2.24, 2.45) is 0 Å². The maximum absolute atomic E-state index is 13.8. The number of carbonyl (C=O) groups is 1. The highest BCUT2D eigenvalue weighted by atomic mass is 19.1. The average Bonchev–Trinajstić information content (AvgIpc) is 2.85. The Morgan fingerprint density at radius 3 is 2.57 bits per heavy atom. The summed E-state index contributed by atoms with van der Waals surface area (Å²) in [5.74, 6) is -1.45. The third kappa shape index (κ3) is 2.54. The Labute approximate surface area is 130 Å². The molecule has 0 radical (unpaired) electrons. The molecule has 1 aliphatic heterocycles. The topological polar surface area (TPSA) is 56.8 Å². The number of rotatable bonds is 4. The van der Waals surface area contributed by atoms with Gasteiger partial charge in [0.15, 0.2) is 11.5 Å². The minimum absolute atomic E-state index is 0.0202. The molecule has 1 N–H and O–H groups in total. The zero-order chi connectivity index (χ0) is 16.6. The zero-order valence-corrected chi connectivity index (χ0v) is 12.4. The average molecular weight is 321 g/mol. The molecule has 0 saturated carbocycles. The molecule has 120 valence electrons. The minimum atomic E-state index is -0.905. The highest BCUT2D eigenvalue weighted by molar-refractivity contribution is 5.98. The van der Waals surface area contributed by atoms with Gasteiger partial charge in [-0.2, -0.15) is 0 Å². The van der Waals surface area contributed by atoms with E-state index >= 15 is 0 Å². The van der Waals surface area contributed by atoms with Gasteiger partial charge in [0.1, 0.15) is 17.2 Å². The molecule has 0 aromatic heterocycles. The molecule has 0 unspecified atom stereocenters. The smallest absolute Gasteiger partial charge is 0.344 e. The molecule has 7 heteroatoms. The number of halogens is 2. The summed E-state index contributed by atoms with van der Waals surface area (Å²) in [6, 6.07) is 6.33. The molecule has 0 bridgehead atoms. The number of carbonyl (C=O) groups excluding carboxylic acids is 1. The van der Waals surface area contributed by atoms with Gasteiger partial charge in [-0.3, -0.25) is 0 Å². The lowest BCUT2D eigenvalue weighted by Gasteiger charge is -2.15. The lowest BCUT2D eigenvalue weighted by atomic mass is 10.1. The number of methoxy groups -OCH3 is 2. The van der Waals surface area contributed by atoms with Crippen LogP contribution in [0.3, 0.4) is 0 Å². The Morgan fingerprint density at radius 2 is 1.91 bits per heavy atom. The molecule has 1 heterocycles. The lowest BCUT2D eigenvalue weighted by molar-refractivity contribution is 0.0434. The van der Waals surface area contributed by atoms with Crippen molar-refractivity contribution in [1.29, 1.82) is 0 Å². The molecule has 0 saturated heterocycles. The van der Waals surface area contributed by atoms with Crippen molar-refractivity contribution in [2.45, 2.75) is 6.23 Å². The van der Waals surface area contributed by atoms with Crippen molar-refractivity contribution < 1.29 is 27.8 Å². The second kappa shape index (κ2) is 5.75. The van der Waals surface area contributed by atoms with E-state index in [0.717, 1.165) is 12.1 Å². The summed E-state index contributed by atoms with van der Waals surface area (Å²) in [4.78, 5) is 12.1. The van der Waals surface area contributed by atoms with Gasteiger partial charge in [0.2, 0.25) is 6.23 Å². The molecule has 2 aromatic carbocycles. The maximum Gasteiger partial charge on any atom is 0.344 e. The number of cyclic esters (lactones) is 1. The predicted octanol–water partition coefficient (Wildman–Crippen LogP) is 3.26. The van der Waals surface area contributed by atoms with Gasteiger partial charge in [-0.1, -0.05) is 0 Å². The van der Waals surface area contributed by atoms with Crippen molar-refractivity contribution in [3.05, 3.63) is 53.1 Å². The highest BCUT2D eigenvalue weighted by Gasteiger charge is 2.36. The number of benzene rings is 2. The third-order valence-electron chi connectivity index (χ3n) is 3.51. The molecular formula is C16H13F2NO4. The van der Waals surface area contributed by atoms with Crippen LogP contribution in [-0.4, -0.2) is 20.2 Å². The van der Waals surface area contributed by atoms with Crippen LogP contribution in [0, 0.1) is 11.6 Å². The SMILES string of the molecule is COc1ccc2c(c1OC)C(=O)O[C@@H]2Nc1ccc(F)cc1F. The maximum atomic E-state index is 13.8. The van der Waals surface area contributed by atoms with E-state index in [1.165, 1.54) is 20.3 Å². The first-order valence-corrected chi connectivity index (χ1v) is 6.72. The van der Waals surface area contributed by atoms with Crippen molar-refractivity contribution in [3.63, 3.8) is 0 Å². The fourth-order valence-electron chi connectivity index (χ4n) is 2.46. The van der Waals surface area contributed by atoms with E-state index in [9.17, 15) is 13.6 Å². The number of ether oxygens (including phenoxy) is 3. The Morgan fingerprint density at radius 1 is 1.13 bits per heavy atom. The third-order valence-corrected chi connectivity index (χ3v) is 3.51. The molecule has 3 rings (SSSR count). The van der Waals surface area contributed by atoms with Crippen molar-refractivity contribution in [2.75, 3.05) is 19.5 Å². The number of anilines is 1. The van der Waals surface area contributed by atoms with Crippen LogP contribution in [-0.2, 0) is 4.74 Å². The first kappa shape index (κ1) is 15.1. The minimum Gasteiger partial charge on any atom is -0.493 e. The predicted molar refractivity (Wildman–Crippen MR) is 77.7 cm³/mol. The molecule has 2 aromatic rings. The van der Waals surface area contributed by atoms with Crippen molar-refractivity contribution in [3.8, 4) is 11.5 Å². The van der Waals surface area contributed by atoms with Crippen molar-refractivity contribution in [1.82, 2.24) is 0 Å². The molecule has 0 aliphatic carbocycles. The van der Waals surface area contributed by atoms with Gasteiger partial charge in [-0.05, 0) is 24.3 Å². The van der Waals surface area contributed by atoms with Gasteiger partial charge in [0.05, 0.1) is 19.9 Å². The van der Waals surface area contributed by atoms with Gasteiger partial charge in [0, 0.05) is 11.6 Å². The molecule has 1 atom stereocenters. The monoisotopic (exact) mass is 321 g/mol. The van der Waals surface area contributed by atoms with Crippen LogP contribution in [0.2, 0.25) is 0 Å². The largest absolute Gasteiger partial charge is 0.493 e. The number of esters is 1. The van der Waals surface area contributed by atoms with Gasteiger partial charge >= 0.3 is 5.97 Å². The van der Waals surface area contributed by atoms with Gasteiger partial charge < -0.3 is 19.5 Å². The van der Waals surface area contributed by atoms with E-state index in [4.69, 9.17) is 14.2 Å². The number of fused-ring (bicyclic) bond motifs is 1. The summed E-state index contributed by atoms with van der Waals surface area (Å²) in [7, 11) is 2.86. The summed E-state index contributed by atoms with van der Waals surface area (Å²) >= 11 is 0. The number of hydrogen-bond acceptors (Lipinski definition) is 5. The zero-order valence-electron chi connectivity index (χ0n) is 12.4. The second-order valence-corrected chi connectivity index (χ2v) is 4.82.